The van der Waals surface area contributed by atoms with E-state index in [4.69, 9.17) is 23.2 Å². The van der Waals surface area contributed by atoms with Crippen molar-refractivity contribution in [1.29, 1.82) is 0 Å². The normalized spacial score (nSPS) is 15.3. The Morgan fingerprint density at radius 1 is 1.04 bits per heavy atom. The first-order chi connectivity index (χ1) is 13.2. The van der Waals surface area contributed by atoms with Crippen LogP contribution in [0.2, 0.25) is 10.0 Å². The molecule has 0 amide bonds. The molecule has 1 aliphatic heterocycles. The lowest BCUT2D eigenvalue weighted by Gasteiger charge is -2.26. The average molecular weight is 399 g/mol. The first-order valence-electron chi connectivity index (χ1n) is 9.62. The molecule has 4 heteroatoms. The molecule has 2 heterocycles. The summed E-state index contributed by atoms with van der Waals surface area (Å²) in [5.74, 6) is 0. The molecule has 0 atom stereocenters. The number of H-pyrrole nitrogens is 1. The topological polar surface area (TPSA) is 19.0 Å². The number of nitrogens with one attached hydrogen (secondary N) is 1. The van der Waals surface area contributed by atoms with Gasteiger partial charge in [0, 0.05) is 29.7 Å². The van der Waals surface area contributed by atoms with Crippen molar-refractivity contribution >= 4 is 39.7 Å². The number of hydrogen-bond acceptors (Lipinski definition) is 1. The molecule has 140 valence electrons. The molecular formula is C23H24Cl2N2. The minimum atomic E-state index is 0.693. The van der Waals surface area contributed by atoms with E-state index in [9.17, 15) is 0 Å². The highest BCUT2D eigenvalue weighted by Crippen LogP contribution is 2.30. The van der Waals surface area contributed by atoms with E-state index in [2.05, 4.69) is 52.5 Å². The lowest BCUT2D eigenvalue weighted by molar-refractivity contribution is 0.295. The first kappa shape index (κ1) is 18.6. The monoisotopic (exact) mass is 398 g/mol. The molecule has 0 fully saturated rings. The standard InChI is InChI=1S/C23H24Cl2N2/c24-20-14-21-19(16-26-23(21)22(25)15-20)8-4-5-11-27-12-9-18(10-13-27)17-6-2-1-3-7-17/h1-3,6-7,9,14-16,26H,4-5,8,10-13H2. The highest BCUT2D eigenvalue weighted by atomic mass is 35.5. The van der Waals surface area contributed by atoms with Gasteiger partial charge in [-0.05, 0) is 61.1 Å². The second-order valence-electron chi connectivity index (χ2n) is 7.23. The number of aryl methyl sites for hydroxylation is 1. The van der Waals surface area contributed by atoms with E-state index in [1.165, 1.54) is 29.5 Å². The SMILES string of the molecule is Clc1cc(Cl)c2[nH]cc(CCCCN3CC=C(c4ccccc4)CC3)c2c1. The van der Waals surface area contributed by atoms with Gasteiger partial charge in [-0.1, -0.05) is 59.6 Å². The Balaban J connectivity index is 1.27. The molecular weight excluding hydrogens is 375 g/mol. The Morgan fingerprint density at radius 2 is 1.89 bits per heavy atom. The maximum Gasteiger partial charge on any atom is 0.0661 e. The molecule has 1 aromatic heterocycles. The summed E-state index contributed by atoms with van der Waals surface area (Å²) in [5, 5.41) is 2.54. The second-order valence-corrected chi connectivity index (χ2v) is 8.07. The van der Waals surface area contributed by atoms with Gasteiger partial charge < -0.3 is 4.98 Å². The quantitative estimate of drug-likeness (QED) is 0.464. The first-order valence-corrected chi connectivity index (χ1v) is 10.4. The van der Waals surface area contributed by atoms with Crippen LogP contribution < -0.4 is 0 Å². The van der Waals surface area contributed by atoms with E-state index in [1.54, 1.807) is 6.07 Å². The van der Waals surface area contributed by atoms with Crippen LogP contribution in [0.5, 0.6) is 0 Å². The summed E-state index contributed by atoms with van der Waals surface area (Å²) in [6, 6.07) is 14.5. The Morgan fingerprint density at radius 3 is 2.67 bits per heavy atom. The van der Waals surface area contributed by atoms with E-state index in [-0.39, 0.29) is 0 Å². The summed E-state index contributed by atoms with van der Waals surface area (Å²) in [4.78, 5) is 5.84. The van der Waals surface area contributed by atoms with Gasteiger partial charge in [-0.3, -0.25) is 4.90 Å². The molecule has 27 heavy (non-hydrogen) atoms. The lowest BCUT2D eigenvalue weighted by atomic mass is 9.99. The summed E-state index contributed by atoms with van der Waals surface area (Å²) < 4.78 is 0. The summed E-state index contributed by atoms with van der Waals surface area (Å²) in [5.41, 5.74) is 5.15. The molecule has 1 N–H and O–H groups in total. The second kappa shape index (κ2) is 8.52. The molecule has 0 bridgehead atoms. The smallest absolute Gasteiger partial charge is 0.0661 e. The summed E-state index contributed by atoms with van der Waals surface area (Å²) in [7, 11) is 0. The zero-order valence-electron chi connectivity index (χ0n) is 15.3. The molecule has 0 saturated heterocycles. The fourth-order valence-electron chi connectivity index (χ4n) is 3.90. The third-order valence-electron chi connectivity index (χ3n) is 5.40. The van der Waals surface area contributed by atoms with E-state index < -0.39 is 0 Å². The average Bonchev–Trinajstić information content (AvgIpc) is 3.09. The summed E-state index contributed by atoms with van der Waals surface area (Å²) in [6.45, 7) is 3.37. The minimum absolute atomic E-state index is 0.693. The molecule has 0 aliphatic carbocycles. The molecule has 4 rings (SSSR count). The Hall–Kier alpha value is -1.74. The van der Waals surface area contributed by atoms with Gasteiger partial charge in [0.15, 0.2) is 0 Å². The van der Waals surface area contributed by atoms with Gasteiger partial charge >= 0.3 is 0 Å². The Kier molecular flexibility index (Phi) is 5.87. The van der Waals surface area contributed by atoms with Gasteiger partial charge in [0.25, 0.3) is 0 Å². The van der Waals surface area contributed by atoms with E-state index >= 15 is 0 Å². The van der Waals surface area contributed by atoms with Crippen LogP contribution >= 0.6 is 23.2 Å². The number of nitrogens with zero attached hydrogens (tertiary/aromatic N) is 1. The van der Waals surface area contributed by atoms with E-state index in [0.29, 0.717) is 10.0 Å². The predicted octanol–water partition coefficient (Wildman–Crippen LogP) is 6.59. The fraction of sp³-hybridized carbons (Fsp3) is 0.304. The van der Waals surface area contributed by atoms with Gasteiger partial charge in [-0.2, -0.15) is 0 Å². The van der Waals surface area contributed by atoms with Crippen LogP contribution in [-0.4, -0.2) is 29.5 Å². The van der Waals surface area contributed by atoms with Crippen LogP contribution in [0.15, 0.2) is 54.7 Å². The number of benzene rings is 2. The van der Waals surface area contributed by atoms with Crippen LogP contribution in [0.3, 0.4) is 0 Å². The van der Waals surface area contributed by atoms with Crippen LogP contribution in [0.1, 0.15) is 30.4 Å². The number of hydrogen-bond donors (Lipinski definition) is 1. The number of rotatable bonds is 6. The molecule has 0 saturated carbocycles. The predicted molar refractivity (Wildman–Crippen MR) is 117 cm³/mol. The maximum atomic E-state index is 6.27. The van der Waals surface area contributed by atoms with Gasteiger partial charge in [-0.25, -0.2) is 0 Å². The highest BCUT2D eigenvalue weighted by Gasteiger charge is 2.13. The number of halogens is 2. The molecule has 0 spiro atoms. The van der Waals surface area contributed by atoms with Crippen molar-refractivity contribution in [2.45, 2.75) is 25.7 Å². The fourth-order valence-corrected chi connectivity index (χ4v) is 4.44. The van der Waals surface area contributed by atoms with Crippen molar-refractivity contribution in [1.82, 2.24) is 9.88 Å². The number of aromatic amines is 1. The van der Waals surface area contributed by atoms with Crippen molar-refractivity contribution in [2.24, 2.45) is 0 Å². The Bertz CT molecular complexity index is 944. The van der Waals surface area contributed by atoms with Gasteiger partial charge in [0.1, 0.15) is 0 Å². The molecule has 2 aromatic carbocycles. The zero-order valence-corrected chi connectivity index (χ0v) is 16.9. The molecule has 0 unspecified atom stereocenters. The van der Waals surface area contributed by atoms with Crippen LogP contribution in [0.4, 0.5) is 0 Å². The van der Waals surface area contributed by atoms with Crippen molar-refractivity contribution in [2.75, 3.05) is 19.6 Å². The third-order valence-corrected chi connectivity index (χ3v) is 5.92. The molecule has 1 aliphatic rings. The third kappa shape index (κ3) is 4.40. The largest absolute Gasteiger partial charge is 0.360 e. The summed E-state index contributed by atoms with van der Waals surface area (Å²) in [6.07, 6.45) is 9.03. The molecule has 3 aromatic rings. The van der Waals surface area contributed by atoms with Crippen molar-refractivity contribution in [3.63, 3.8) is 0 Å². The van der Waals surface area contributed by atoms with Gasteiger partial charge in [-0.15, -0.1) is 0 Å². The summed E-state index contributed by atoms with van der Waals surface area (Å²) >= 11 is 12.4. The maximum absolute atomic E-state index is 6.27. The number of aromatic nitrogens is 1. The minimum Gasteiger partial charge on any atom is -0.360 e. The Labute approximate surface area is 170 Å². The van der Waals surface area contributed by atoms with Crippen molar-refractivity contribution < 1.29 is 0 Å². The zero-order chi connectivity index (χ0) is 18.6. The van der Waals surface area contributed by atoms with Crippen LogP contribution in [0.25, 0.3) is 16.5 Å². The van der Waals surface area contributed by atoms with Crippen molar-refractivity contribution in [3.05, 3.63) is 75.9 Å². The lowest BCUT2D eigenvalue weighted by Crippen LogP contribution is -2.29. The number of unbranched alkanes of at least 4 members (excludes halogenated alkanes) is 1. The van der Waals surface area contributed by atoms with Crippen molar-refractivity contribution in [3.8, 4) is 0 Å². The van der Waals surface area contributed by atoms with E-state index in [1.807, 2.05) is 6.07 Å². The van der Waals surface area contributed by atoms with Gasteiger partial charge in [0.05, 0.1) is 10.5 Å². The molecule has 0 radical (unpaired) electrons. The van der Waals surface area contributed by atoms with Crippen LogP contribution in [-0.2, 0) is 6.42 Å². The van der Waals surface area contributed by atoms with Crippen LogP contribution in [0, 0.1) is 0 Å². The van der Waals surface area contributed by atoms with Gasteiger partial charge in [0.2, 0.25) is 0 Å². The number of fused-ring (bicyclic) bond motifs is 1. The van der Waals surface area contributed by atoms with E-state index in [0.717, 1.165) is 43.4 Å². The molecule has 2 nitrogen and oxygen atoms in total. The highest BCUT2D eigenvalue weighted by molar-refractivity contribution is 6.38.